The van der Waals surface area contributed by atoms with E-state index in [1.165, 1.54) is 0 Å². The summed E-state index contributed by atoms with van der Waals surface area (Å²) in [6.45, 7) is 0.0488. The molecule has 8 heteroatoms. The molecule has 0 unspecified atom stereocenters. The number of likely N-dealkylation sites (N-methyl/N-ethyl adjacent to an activating group) is 1. The van der Waals surface area contributed by atoms with E-state index in [0.29, 0.717) is 23.2 Å². The first-order valence-electron chi connectivity index (χ1n) is 6.56. The molecule has 0 radical (unpaired) electrons. The normalized spacial score (nSPS) is 10.6. The van der Waals surface area contributed by atoms with Crippen molar-refractivity contribution in [1.82, 2.24) is 19.7 Å². The maximum absolute atomic E-state index is 11.1. The number of anilines is 1. The minimum Gasteiger partial charge on any atom is -0.461 e. The number of carbonyl (C=O) groups is 1. The zero-order valence-corrected chi connectivity index (χ0v) is 11.9. The highest BCUT2D eigenvalue weighted by molar-refractivity contribution is 5.79. The number of amides is 1. The maximum atomic E-state index is 11.1. The van der Waals surface area contributed by atoms with E-state index in [1.807, 2.05) is 0 Å². The van der Waals surface area contributed by atoms with Gasteiger partial charge >= 0.3 is 0 Å². The second-order valence-corrected chi connectivity index (χ2v) is 4.66. The number of rotatable bonds is 5. The molecule has 3 aromatic rings. The van der Waals surface area contributed by atoms with E-state index in [1.54, 1.807) is 59.6 Å². The number of hydrogen-bond donors (Lipinski definition) is 1. The van der Waals surface area contributed by atoms with Gasteiger partial charge in [-0.1, -0.05) is 0 Å². The molecule has 0 atom stereocenters. The molecule has 8 nitrogen and oxygen atoms in total. The average molecular weight is 298 g/mol. The zero-order chi connectivity index (χ0) is 15.5. The van der Waals surface area contributed by atoms with Crippen LogP contribution in [0.5, 0.6) is 0 Å². The molecule has 3 rings (SSSR count). The van der Waals surface area contributed by atoms with Crippen molar-refractivity contribution in [2.24, 2.45) is 5.73 Å². The molecule has 112 valence electrons. The third kappa shape index (κ3) is 2.80. The fourth-order valence-electron chi connectivity index (χ4n) is 1.97. The van der Waals surface area contributed by atoms with Gasteiger partial charge in [-0.25, -0.2) is 14.6 Å². The van der Waals surface area contributed by atoms with Crippen molar-refractivity contribution in [3.8, 4) is 17.4 Å². The lowest BCUT2D eigenvalue weighted by atomic mass is 10.4. The van der Waals surface area contributed by atoms with E-state index in [0.717, 1.165) is 0 Å². The molecule has 0 aromatic carbocycles. The molecule has 0 spiro atoms. The Balaban J connectivity index is 2.07. The molecular formula is C14H14N6O2. The number of hydrogen-bond acceptors (Lipinski definition) is 6. The SMILES string of the molecule is CN(CC(N)=O)c1cc(-n2cccn2)nc(-c2ccco2)n1. The standard InChI is InChI=1S/C14H14N6O2/c1-19(9-11(15)21)12-8-13(20-6-3-5-16-20)18-14(17-12)10-4-2-7-22-10/h2-8H,9H2,1H3,(H2,15,21). The van der Waals surface area contributed by atoms with E-state index in [-0.39, 0.29) is 6.54 Å². The molecule has 22 heavy (non-hydrogen) atoms. The molecule has 0 aliphatic heterocycles. The van der Waals surface area contributed by atoms with Crippen molar-refractivity contribution in [3.05, 3.63) is 42.9 Å². The van der Waals surface area contributed by atoms with Crippen LogP contribution in [0.4, 0.5) is 5.82 Å². The highest BCUT2D eigenvalue weighted by Crippen LogP contribution is 2.21. The summed E-state index contributed by atoms with van der Waals surface area (Å²) in [6, 6.07) is 7.04. The van der Waals surface area contributed by atoms with E-state index < -0.39 is 5.91 Å². The quantitative estimate of drug-likeness (QED) is 0.748. The monoisotopic (exact) mass is 298 g/mol. The minimum atomic E-state index is -0.443. The second kappa shape index (κ2) is 5.68. The van der Waals surface area contributed by atoms with E-state index >= 15 is 0 Å². The summed E-state index contributed by atoms with van der Waals surface area (Å²) in [4.78, 5) is 21.6. The summed E-state index contributed by atoms with van der Waals surface area (Å²) in [5.74, 6) is 1.61. The number of primary amides is 1. The summed E-state index contributed by atoms with van der Waals surface area (Å²) >= 11 is 0. The number of nitrogens with two attached hydrogens (primary N) is 1. The third-order valence-corrected chi connectivity index (χ3v) is 2.96. The molecule has 3 heterocycles. The number of carbonyl (C=O) groups excluding carboxylic acids is 1. The van der Waals surface area contributed by atoms with Crippen molar-refractivity contribution in [1.29, 1.82) is 0 Å². The van der Waals surface area contributed by atoms with Gasteiger partial charge in [0.05, 0.1) is 12.8 Å². The van der Waals surface area contributed by atoms with Crippen LogP contribution in [0, 0.1) is 0 Å². The lowest BCUT2D eigenvalue weighted by Crippen LogP contribution is -2.31. The summed E-state index contributed by atoms with van der Waals surface area (Å²) in [5.41, 5.74) is 5.24. The van der Waals surface area contributed by atoms with Gasteiger partial charge < -0.3 is 15.1 Å². The van der Waals surface area contributed by atoms with Gasteiger partial charge in [-0.3, -0.25) is 4.79 Å². The smallest absolute Gasteiger partial charge is 0.236 e. The second-order valence-electron chi connectivity index (χ2n) is 4.66. The van der Waals surface area contributed by atoms with Gasteiger partial charge in [0.15, 0.2) is 17.4 Å². The van der Waals surface area contributed by atoms with Crippen LogP contribution in [0.15, 0.2) is 47.3 Å². The Morgan fingerprint density at radius 3 is 2.91 bits per heavy atom. The topological polar surface area (TPSA) is 103 Å². The molecule has 1 amide bonds. The van der Waals surface area contributed by atoms with E-state index in [2.05, 4.69) is 15.1 Å². The van der Waals surface area contributed by atoms with Gasteiger partial charge in [0.1, 0.15) is 5.82 Å². The number of furan rings is 1. The van der Waals surface area contributed by atoms with E-state index in [4.69, 9.17) is 10.2 Å². The van der Waals surface area contributed by atoms with Crippen molar-refractivity contribution in [3.63, 3.8) is 0 Å². The highest BCUT2D eigenvalue weighted by atomic mass is 16.3. The molecule has 0 aliphatic carbocycles. The number of nitrogens with zero attached hydrogens (tertiary/aromatic N) is 5. The highest BCUT2D eigenvalue weighted by Gasteiger charge is 2.14. The Morgan fingerprint density at radius 2 is 2.27 bits per heavy atom. The van der Waals surface area contributed by atoms with Gasteiger partial charge in [-0.2, -0.15) is 5.10 Å². The Labute approximate surface area is 126 Å². The molecule has 0 saturated carbocycles. The average Bonchev–Trinajstić information content (AvgIpc) is 3.19. The van der Waals surface area contributed by atoms with Gasteiger partial charge in [0.25, 0.3) is 0 Å². The zero-order valence-electron chi connectivity index (χ0n) is 11.9. The Bertz CT molecular complexity index is 714. The minimum absolute atomic E-state index is 0.0488. The predicted octanol–water partition coefficient (Wildman–Crippen LogP) is 0.844. The van der Waals surface area contributed by atoms with Gasteiger partial charge in [-0.05, 0) is 18.2 Å². The molecule has 3 aromatic heterocycles. The maximum Gasteiger partial charge on any atom is 0.236 e. The van der Waals surface area contributed by atoms with Crippen molar-refractivity contribution < 1.29 is 9.21 Å². The first kappa shape index (κ1) is 13.8. The van der Waals surface area contributed by atoms with Gasteiger partial charge in [-0.15, -0.1) is 0 Å². The Hall–Kier alpha value is -3.16. The van der Waals surface area contributed by atoms with Crippen LogP contribution in [0.2, 0.25) is 0 Å². The summed E-state index contributed by atoms with van der Waals surface area (Å²) in [7, 11) is 1.73. The fraction of sp³-hybridized carbons (Fsp3) is 0.143. The van der Waals surface area contributed by atoms with Crippen LogP contribution in [0.25, 0.3) is 17.4 Å². The lowest BCUT2D eigenvalue weighted by Gasteiger charge is -2.17. The molecule has 2 N–H and O–H groups in total. The molecule has 0 aliphatic rings. The lowest BCUT2D eigenvalue weighted by molar-refractivity contribution is -0.116. The Morgan fingerprint density at radius 1 is 1.41 bits per heavy atom. The van der Waals surface area contributed by atoms with Crippen LogP contribution >= 0.6 is 0 Å². The largest absolute Gasteiger partial charge is 0.461 e. The predicted molar refractivity (Wildman–Crippen MR) is 79.3 cm³/mol. The summed E-state index contributed by atoms with van der Waals surface area (Å²) in [6.07, 6.45) is 4.97. The van der Waals surface area contributed by atoms with Crippen LogP contribution in [-0.2, 0) is 4.79 Å². The van der Waals surface area contributed by atoms with Crippen molar-refractivity contribution in [2.75, 3.05) is 18.5 Å². The molecule has 0 saturated heterocycles. The van der Waals surface area contributed by atoms with Gasteiger partial charge in [0.2, 0.25) is 5.91 Å². The van der Waals surface area contributed by atoms with E-state index in [9.17, 15) is 4.79 Å². The van der Waals surface area contributed by atoms with Crippen LogP contribution < -0.4 is 10.6 Å². The number of aromatic nitrogens is 4. The fourth-order valence-corrected chi connectivity index (χ4v) is 1.97. The Kier molecular flexibility index (Phi) is 3.57. The van der Waals surface area contributed by atoms with Crippen LogP contribution in [0.3, 0.4) is 0 Å². The third-order valence-electron chi connectivity index (χ3n) is 2.96. The first-order chi connectivity index (χ1) is 10.6. The first-order valence-corrected chi connectivity index (χ1v) is 6.56. The van der Waals surface area contributed by atoms with Crippen LogP contribution in [-0.4, -0.2) is 39.2 Å². The summed E-state index contributed by atoms with van der Waals surface area (Å²) < 4.78 is 6.95. The molecular weight excluding hydrogens is 284 g/mol. The van der Waals surface area contributed by atoms with Gasteiger partial charge in [0, 0.05) is 25.5 Å². The molecule has 0 bridgehead atoms. The van der Waals surface area contributed by atoms with Crippen molar-refractivity contribution in [2.45, 2.75) is 0 Å². The van der Waals surface area contributed by atoms with Crippen LogP contribution in [0.1, 0.15) is 0 Å². The summed E-state index contributed by atoms with van der Waals surface area (Å²) in [5, 5.41) is 4.16. The molecule has 0 fully saturated rings. The van der Waals surface area contributed by atoms with Crippen molar-refractivity contribution >= 4 is 11.7 Å².